The molecule has 0 fully saturated rings. The van der Waals surface area contributed by atoms with Crippen LogP contribution in [-0.4, -0.2) is 26.7 Å². The molecule has 6 nitrogen and oxygen atoms in total. The Morgan fingerprint density at radius 3 is 2.27 bits per heavy atom. The van der Waals surface area contributed by atoms with Crippen molar-refractivity contribution in [2.45, 2.75) is 5.03 Å². The van der Waals surface area contributed by atoms with Crippen LogP contribution in [0.1, 0.15) is 10.4 Å². The molecular formula is C18H12ClN3O3S. The van der Waals surface area contributed by atoms with Gasteiger partial charge in [-0.2, -0.15) is 0 Å². The summed E-state index contributed by atoms with van der Waals surface area (Å²) in [6.45, 7) is 0. The van der Waals surface area contributed by atoms with Crippen LogP contribution in [0.25, 0.3) is 11.3 Å². The van der Waals surface area contributed by atoms with Gasteiger partial charge in [-0.25, -0.2) is 0 Å². The molecule has 0 aliphatic rings. The van der Waals surface area contributed by atoms with E-state index in [0.717, 1.165) is 5.56 Å². The van der Waals surface area contributed by atoms with E-state index in [2.05, 4.69) is 10.2 Å². The quantitative estimate of drug-likeness (QED) is 0.265. The molecule has 0 N–H and O–H groups in total. The number of rotatable bonds is 6. The fraction of sp³-hybridized carbons (Fsp3) is 0.0556. The molecule has 0 spiro atoms. The number of non-ortho nitro benzene ring substituents is 1. The lowest BCUT2D eigenvalue weighted by Gasteiger charge is -2.03. The highest BCUT2D eigenvalue weighted by atomic mass is 35.5. The van der Waals surface area contributed by atoms with Crippen molar-refractivity contribution >= 4 is 34.8 Å². The van der Waals surface area contributed by atoms with Crippen molar-refractivity contribution in [3.05, 3.63) is 81.4 Å². The van der Waals surface area contributed by atoms with Gasteiger partial charge in [0.2, 0.25) is 0 Å². The van der Waals surface area contributed by atoms with E-state index in [1.165, 1.54) is 23.9 Å². The molecular weight excluding hydrogens is 374 g/mol. The molecule has 1 heterocycles. The zero-order valence-electron chi connectivity index (χ0n) is 13.3. The first-order chi connectivity index (χ1) is 12.5. The molecule has 3 aromatic rings. The number of benzene rings is 2. The lowest BCUT2D eigenvalue weighted by Crippen LogP contribution is -2.02. The van der Waals surface area contributed by atoms with Crippen LogP contribution in [-0.2, 0) is 0 Å². The Morgan fingerprint density at radius 1 is 1.00 bits per heavy atom. The molecule has 0 amide bonds. The number of ketones is 1. The maximum absolute atomic E-state index is 12.1. The molecule has 130 valence electrons. The van der Waals surface area contributed by atoms with E-state index < -0.39 is 4.92 Å². The molecule has 0 unspecified atom stereocenters. The molecule has 3 rings (SSSR count). The largest absolute Gasteiger partial charge is 0.293 e. The van der Waals surface area contributed by atoms with Crippen LogP contribution in [0.3, 0.4) is 0 Å². The van der Waals surface area contributed by atoms with Crippen LogP contribution >= 0.6 is 23.4 Å². The van der Waals surface area contributed by atoms with Crippen molar-refractivity contribution in [2.24, 2.45) is 0 Å². The third kappa shape index (κ3) is 4.44. The molecule has 0 aliphatic carbocycles. The Hall–Kier alpha value is -2.77. The molecule has 0 aliphatic heterocycles. The van der Waals surface area contributed by atoms with Crippen molar-refractivity contribution < 1.29 is 9.72 Å². The smallest absolute Gasteiger partial charge is 0.269 e. The van der Waals surface area contributed by atoms with Crippen molar-refractivity contribution in [1.29, 1.82) is 0 Å². The summed E-state index contributed by atoms with van der Waals surface area (Å²) < 4.78 is 0. The zero-order valence-corrected chi connectivity index (χ0v) is 14.9. The number of carbonyl (C=O) groups is 1. The molecule has 2 aromatic carbocycles. The first kappa shape index (κ1) is 18.0. The number of nitrogens with zero attached hydrogens (tertiary/aromatic N) is 3. The Labute approximate surface area is 158 Å². The van der Waals surface area contributed by atoms with Crippen LogP contribution in [0.4, 0.5) is 5.69 Å². The number of Topliss-reactive ketones (excluding diaryl/α,β-unsaturated/α-hetero) is 1. The van der Waals surface area contributed by atoms with E-state index in [4.69, 9.17) is 11.6 Å². The van der Waals surface area contributed by atoms with E-state index in [9.17, 15) is 14.9 Å². The summed E-state index contributed by atoms with van der Waals surface area (Å²) in [4.78, 5) is 22.4. The SMILES string of the molecule is O=C(CSc1ccc(-c2ccc([N+](=O)[O-])cc2)nn1)c1ccc(Cl)cc1. The van der Waals surface area contributed by atoms with Gasteiger partial charge in [-0.05, 0) is 48.5 Å². The predicted octanol–water partition coefficient (Wildman–Crippen LogP) is 4.68. The fourth-order valence-corrected chi connectivity index (χ4v) is 3.00. The van der Waals surface area contributed by atoms with Gasteiger partial charge in [-0.1, -0.05) is 23.4 Å². The number of carbonyl (C=O) groups excluding carboxylic acids is 1. The average Bonchev–Trinajstić information content (AvgIpc) is 2.67. The molecule has 0 atom stereocenters. The number of thioether (sulfide) groups is 1. The molecule has 8 heteroatoms. The van der Waals surface area contributed by atoms with Gasteiger partial charge in [0.1, 0.15) is 5.03 Å². The zero-order chi connectivity index (χ0) is 18.5. The van der Waals surface area contributed by atoms with Gasteiger partial charge in [-0.3, -0.25) is 14.9 Å². The topological polar surface area (TPSA) is 86.0 Å². The minimum atomic E-state index is -0.451. The van der Waals surface area contributed by atoms with Crippen LogP contribution in [0.2, 0.25) is 5.02 Å². The van der Waals surface area contributed by atoms with Crippen molar-refractivity contribution in [1.82, 2.24) is 10.2 Å². The second kappa shape index (κ2) is 8.07. The van der Waals surface area contributed by atoms with Crippen LogP contribution in [0, 0.1) is 10.1 Å². The number of nitro benzene ring substituents is 1. The summed E-state index contributed by atoms with van der Waals surface area (Å²) in [5.41, 5.74) is 1.96. The molecule has 0 saturated heterocycles. The van der Waals surface area contributed by atoms with Crippen molar-refractivity contribution in [2.75, 3.05) is 5.75 Å². The van der Waals surface area contributed by atoms with Crippen molar-refractivity contribution in [3.63, 3.8) is 0 Å². The summed E-state index contributed by atoms with van der Waals surface area (Å²) in [6, 6.07) is 16.4. The standard InChI is InChI=1S/C18H12ClN3O3S/c19-14-5-1-13(2-6-14)17(23)11-26-18-10-9-16(20-21-18)12-3-7-15(8-4-12)22(24)25/h1-10H,11H2. The lowest BCUT2D eigenvalue weighted by atomic mass is 10.1. The lowest BCUT2D eigenvalue weighted by molar-refractivity contribution is -0.384. The fourth-order valence-electron chi connectivity index (χ4n) is 2.16. The van der Waals surface area contributed by atoms with Gasteiger partial charge >= 0.3 is 0 Å². The van der Waals surface area contributed by atoms with E-state index in [1.807, 2.05) is 0 Å². The molecule has 0 bridgehead atoms. The van der Waals surface area contributed by atoms with Gasteiger partial charge in [-0.15, -0.1) is 10.2 Å². The summed E-state index contributed by atoms with van der Waals surface area (Å²) in [6.07, 6.45) is 0. The maximum atomic E-state index is 12.1. The predicted molar refractivity (Wildman–Crippen MR) is 101 cm³/mol. The third-order valence-electron chi connectivity index (χ3n) is 3.53. The first-order valence-corrected chi connectivity index (χ1v) is 8.89. The number of hydrogen-bond donors (Lipinski definition) is 0. The second-order valence-electron chi connectivity index (χ2n) is 5.28. The average molecular weight is 386 g/mol. The molecule has 26 heavy (non-hydrogen) atoms. The van der Waals surface area contributed by atoms with E-state index in [-0.39, 0.29) is 17.2 Å². The van der Waals surface area contributed by atoms with E-state index in [1.54, 1.807) is 48.5 Å². The second-order valence-corrected chi connectivity index (χ2v) is 6.71. The van der Waals surface area contributed by atoms with E-state index >= 15 is 0 Å². The number of hydrogen-bond acceptors (Lipinski definition) is 6. The summed E-state index contributed by atoms with van der Waals surface area (Å²) >= 11 is 7.10. The summed E-state index contributed by atoms with van der Waals surface area (Å²) in [5.74, 6) is 0.223. The Bertz CT molecular complexity index is 929. The van der Waals surface area contributed by atoms with E-state index in [0.29, 0.717) is 21.3 Å². The van der Waals surface area contributed by atoms with Crippen molar-refractivity contribution in [3.8, 4) is 11.3 Å². The first-order valence-electron chi connectivity index (χ1n) is 7.53. The molecule has 0 saturated carbocycles. The summed E-state index contributed by atoms with van der Waals surface area (Å²) in [5, 5.41) is 20.1. The van der Waals surface area contributed by atoms with Gasteiger partial charge in [0.25, 0.3) is 5.69 Å². The highest BCUT2D eigenvalue weighted by Gasteiger charge is 2.09. The normalized spacial score (nSPS) is 10.5. The molecule has 1 aromatic heterocycles. The Balaban J connectivity index is 1.63. The monoisotopic (exact) mass is 385 g/mol. The maximum Gasteiger partial charge on any atom is 0.269 e. The van der Waals surface area contributed by atoms with Gasteiger partial charge in [0, 0.05) is 28.3 Å². The summed E-state index contributed by atoms with van der Waals surface area (Å²) in [7, 11) is 0. The highest BCUT2D eigenvalue weighted by molar-refractivity contribution is 7.99. The Morgan fingerprint density at radius 2 is 1.69 bits per heavy atom. The van der Waals surface area contributed by atoms with Gasteiger partial charge in [0.15, 0.2) is 5.78 Å². The Kier molecular flexibility index (Phi) is 5.60. The molecule has 0 radical (unpaired) electrons. The van der Waals surface area contributed by atoms with Crippen LogP contribution in [0.5, 0.6) is 0 Å². The van der Waals surface area contributed by atoms with Gasteiger partial charge in [0.05, 0.1) is 16.4 Å². The van der Waals surface area contributed by atoms with Crippen LogP contribution in [0.15, 0.2) is 65.7 Å². The third-order valence-corrected chi connectivity index (χ3v) is 4.70. The van der Waals surface area contributed by atoms with Crippen LogP contribution < -0.4 is 0 Å². The van der Waals surface area contributed by atoms with Gasteiger partial charge < -0.3 is 0 Å². The minimum absolute atomic E-state index is 0.0205. The highest BCUT2D eigenvalue weighted by Crippen LogP contribution is 2.23. The minimum Gasteiger partial charge on any atom is -0.293 e. The number of halogens is 1. The number of nitro groups is 1. The number of aromatic nitrogens is 2.